The first kappa shape index (κ1) is 27.3. The van der Waals surface area contributed by atoms with Gasteiger partial charge in [0.2, 0.25) is 5.95 Å². The van der Waals surface area contributed by atoms with Gasteiger partial charge in [0.1, 0.15) is 23.8 Å². The second-order valence-corrected chi connectivity index (χ2v) is 10.5. The molecule has 0 saturated carbocycles. The smallest absolute Gasteiger partial charge is 0.323 e. The van der Waals surface area contributed by atoms with Crippen LogP contribution in [-0.2, 0) is 24.4 Å². The topological polar surface area (TPSA) is 131 Å². The van der Waals surface area contributed by atoms with Gasteiger partial charge in [0, 0.05) is 28.4 Å². The molecule has 40 heavy (non-hydrogen) atoms. The molecule has 5 aromatic rings. The number of carbonyl (C=O) groups excluding carboxylic acids is 2. The first-order valence-corrected chi connectivity index (χ1v) is 13.5. The van der Waals surface area contributed by atoms with E-state index in [4.69, 9.17) is 11.6 Å². The van der Waals surface area contributed by atoms with Crippen LogP contribution in [0, 0.1) is 0 Å². The van der Waals surface area contributed by atoms with E-state index in [2.05, 4.69) is 10.2 Å². The second kappa shape index (κ2) is 11.0. The van der Waals surface area contributed by atoms with Gasteiger partial charge in [-0.05, 0) is 36.8 Å². The number of anilines is 1. The van der Waals surface area contributed by atoms with Gasteiger partial charge in [0.05, 0.1) is 10.6 Å². The lowest BCUT2D eigenvalue weighted by molar-refractivity contribution is -0.137. The number of aliphatic carboxylic acids is 1. The number of hydrogen-bond acceptors (Lipinski definition) is 7. The number of carbonyl (C=O) groups is 3. The van der Waals surface area contributed by atoms with Crippen LogP contribution in [0.3, 0.4) is 0 Å². The number of aliphatic hydroxyl groups excluding tert-OH is 1. The monoisotopic (exact) mass is 577 g/mol. The molecule has 0 aliphatic heterocycles. The fourth-order valence-corrected chi connectivity index (χ4v) is 5.85. The minimum absolute atomic E-state index is 0.0545. The molecule has 0 radical (unpaired) electrons. The highest BCUT2D eigenvalue weighted by Gasteiger charge is 2.29. The van der Waals surface area contributed by atoms with E-state index in [0.717, 1.165) is 4.88 Å². The number of hydrogen-bond donors (Lipinski definition) is 2. The normalized spacial score (nSPS) is 11.2. The molecule has 0 spiro atoms. The van der Waals surface area contributed by atoms with Gasteiger partial charge in [-0.3, -0.25) is 23.9 Å². The Morgan fingerprint density at radius 2 is 1.75 bits per heavy atom. The predicted octanol–water partition coefficient (Wildman–Crippen LogP) is 4.58. The number of nitrogens with zero attached hydrogens (tertiary/aromatic N) is 5. The van der Waals surface area contributed by atoms with E-state index in [-0.39, 0.29) is 23.2 Å². The number of carboxylic acid groups (broad SMARTS) is 1. The summed E-state index contributed by atoms with van der Waals surface area (Å²) < 4.78 is 2.91. The van der Waals surface area contributed by atoms with Gasteiger partial charge in [0.15, 0.2) is 11.6 Å². The third-order valence-corrected chi connectivity index (χ3v) is 8.05. The summed E-state index contributed by atoms with van der Waals surface area (Å²) in [6, 6.07) is 17.2. The third-order valence-electron chi connectivity index (χ3n) is 6.46. The molecule has 204 valence electrons. The van der Waals surface area contributed by atoms with E-state index in [1.165, 1.54) is 32.4 Å². The fraction of sp³-hybridized carbons (Fsp3) is 0.179. The molecule has 2 aromatic carbocycles. The summed E-state index contributed by atoms with van der Waals surface area (Å²) in [4.78, 5) is 41.3. The molecule has 2 N–H and O–H groups in total. The van der Waals surface area contributed by atoms with Crippen LogP contribution in [0.1, 0.15) is 44.0 Å². The predicted molar refractivity (Wildman–Crippen MR) is 152 cm³/mol. The highest BCUT2D eigenvalue weighted by molar-refractivity contribution is 7.15. The summed E-state index contributed by atoms with van der Waals surface area (Å²) in [5.41, 5.74) is 1.37. The Bertz CT molecular complexity index is 1770. The molecule has 0 aliphatic carbocycles. The molecular formula is C28H24ClN5O5S. The van der Waals surface area contributed by atoms with Gasteiger partial charge in [0.25, 0.3) is 5.91 Å². The number of rotatable bonds is 9. The van der Waals surface area contributed by atoms with E-state index in [1.54, 1.807) is 60.7 Å². The lowest BCUT2D eigenvalue weighted by Crippen LogP contribution is -2.31. The maximum Gasteiger partial charge on any atom is 0.323 e. The average Bonchev–Trinajstić information content (AvgIpc) is 3.67. The van der Waals surface area contributed by atoms with Crippen LogP contribution in [-0.4, -0.2) is 54.3 Å². The summed E-state index contributed by atoms with van der Waals surface area (Å²) in [5, 5.41) is 29.3. The highest BCUT2D eigenvalue weighted by Crippen LogP contribution is 2.34. The Morgan fingerprint density at radius 1 is 1.02 bits per heavy atom. The third kappa shape index (κ3) is 4.79. The first-order valence-electron chi connectivity index (χ1n) is 12.3. The number of amides is 1. The number of ketones is 1. The number of carboxylic acids is 1. The number of benzene rings is 2. The average molecular weight is 578 g/mol. The number of aromatic nitrogens is 4. The minimum Gasteiger partial charge on any atom is -0.480 e. The second-order valence-electron chi connectivity index (χ2n) is 8.94. The van der Waals surface area contributed by atoms with Crippen molar-refractivity contribution >= 4 is 57.4 Å². The summed E-state index contributed by atoms with van der Waals surface area (Å²) >= 11 is 7.65. The lowest BCUT2D eigenvalue weighted by Gasteiger charge is -2.19. The Labute approximate surface area is 237 Å². The van der Waals surface area contributed by atoms with Crippen molar-refractivity contribution in [1.29, 1.82) is 0 Å². The molecule has 0 unspecified atom stereocenters. The summed E-state index contributed by atoms with van der Waals surface area (Å²) in [6.07, 6.45) is 0.642. The first-order chi connectivity index (χ1) is 19.2. The zero-order valence-corrected chi connectivity index (χ0v) is 23.1. The van der Waals surface area contributed by atoms with Gasteiger partial charge in [-0.2, -0.15) is 0 Å². The van der Waals surface area contributed by atoms with Crippen LogP contribution in [0.25, 0.3) is 15.9 Å². The van der Waals surface area contributed by atoms with Crippen molar-refractivity contribution in [2.75, 3.05) is 11.9 Å². The Hall–Kier alpha value is -4.32. The van der Waals surface area contributed by atoms with Crippen molar-refractivity contribution in [3.63, 3.8) is 0 Å². The standard InChI is InChI=1S/C28H24ClN5O5S/c1-3-17-13-19(25(38)18-9-5-6-10-20(18)29)27(40-17)34-23(15-35)30-31-28(34)32(2)26(39)22-12-16-8-4-7-11-21(16)33(22)14-24(36)37/h4-13,35H,3,14-15H2,1-2H3,(H,36,37). The number of fused-ring (bicyclic) bond motifs is 1. The molecule has 5 rings (SSSR count). The van der Waals surface area contributed by atoms with Gasteiger partial charge in [-0.1, -0.05) is 48.9 Å². The van der Waals surface area contributed by atoms with Crippen LogP contribution in [0.5, 0.6) is 0 Å². The summed E-state index contributed by atoms with van der Waals surface area (Å²) in [6.45, 7) is 1.03. The van der Waals surface area contributed by atoms with E-state index in [0.29, 0.717) is 38.5 Å². The molecule has 3 heterocycles. The van der Waals surface area contributed by atoms with Gasteiger partial charge in [-0.15, -0.1) is 21.5 Å². The molecule has 12 heteroatoms. The van der Waals surface area contributed by atoms with Crippen LogP contribution in [0.4, 0.5) is 5.95 Å². The maximum absolute atomic E-state index is 13.8. The van der Waals surface area contributed by atoms with Crippen LogP contribution >= 0.6 is 22.9 Å². The van der Waals surface area contributed by atoms with Crippen molar-refractivity contribution in [3.05, 3.63) is 93.2 Å². The molecule has 0 saturated heterocycles. The SMILES string of the molecule is CCc1cc(C(=O)c2ccccc2Cl)c(-n2c(CO)nnc2N(C)C(=O)c2cc3ccccc3n2CC(=O)O)s1. The highest BCUT2D eigenvalue weighted by atomic mass is 35.5. The number of aryl methyl sites for hydroxylation is 1. The summed E-state index contributed by atoms with van der Waals surface area (Å²) in [7, 11) is 1.48. The Balaban J connectivity index is 1.64. The number of thiophene rings is 1. The van der Waals surface area contributed by atoms with Gasteiger partial charge < -0.3 is 14.8 Å². The zero-order valence-electron chi connectivity index (χ0n) is 21.5. The van der Waals surface area contributed by atoms with Crippen LogP contribution in [0.15, 0.2) is 60.7 Å². The Morgan fingerprint density at radius 3 is 2.45 bits per heavy atom. The molecule has 0 fully saturated rings. The molecule has 1 amide bonds. The van der Waals surface area contributed by atoms with Gasteiger partial charge in [-0.25, -0.2) is 0 Å². The quantitative estimate of drug-likeness (QED) is 0.245. The van der Waals surface area contributed by atoms with E-state index in [9.17, 15) is 24.6 Å². The largest absolute Gasteiger partial charge is 0.480 e. The van der Waals surface area contributed by atoms with E-state index >= 15 is 0 Å². The van der Waals surface area contributed by atoms with Gasteiger partial charge >= 0.3 is 5.97 Å². The van der Waals surface area contributed by atoms with E-state index in [1.807, 2.05) is 6.92 Å². The fourth-order valence-electron chi connectivity index (χ4n) is 4.52. The Kier molecular flexibility index (Phi) is 7.53. The van der Waals surface area contributed by atoms with E-state index < -0.39 is 25.0 Å². The molecule has 0 atom stereocenters. The van der Waals surface area contributed by atoms with Crippen LogP contribution in [0.2, 0.25) is 5.02 Å². The molecule has 0 aliphatic rings. The van der Waals surface area contributed by atoms with Crippen molar-refractivity contribution in [1.82, 2.24) is 19.3 Å². The van der Waals surface area contributed by atoms with Crippen molar-refractivity contribution in [2.24, 2.45) is 0 Å². The summed E-state index contributed by atoms with van der Waals surface area (Å²) in [5.74, 6) is -1.79. The number of aliphatic hydroxyl groups is 1. The molecule has 10 nitrogen and oxygen atoms in total. The molecular weight excluding hydrogens is 554 g/mol. The van der Waals surface area contributed by atoms with Crippen molar-refractivity contribution in [3.8, 4) is 5.00 Å². The minimum atomic E-state index is -1.10. The molecule has 0 bridgehead atoms. The maximum atomic E-state index is 13.8. The van der Waals surface area contributed by atoms with Crippen molar-refractivity contribution < 1.29 is 24.6 Å². The van der Waals surface area contributed by atoms with Crippen molar-refractivity contribution in [2.45, 2.75) is 26.5 Å². The lowest BCUT2D eigenvalue weighted by atomic mass is 10.0. The zero-order chi connectivity index (χ0) is 28.6. The number of halogens is 1. The van der Waals surface area contributed by atoms with Crippen LogP contribution < -0.4 is 4.90 Å². The number of para-hydroxylation sites is 1. The molecule has 3 aromatic heterocycles.